The molecule has 0 saturated heterocycles. The van der Waals surface area contributed by atoms with Gasteiger partial charge in [0, 0.05) is 6.54 Å². The van der Waals surface area contributed by atoms with E-state index in [4.69, 9.17) is 0 Å². The number of aliphatic hydroxyl groups excluding tert-OH is 1. The second-order valence-electron chi connectivity index (χ2n) is 3.99. The lowest BCUT2D eigenvalue weighted by Crippen LogP contribution is -2.11. The Kier molecular flexibility index (Phi) is 4.44. The summed E-state index contributed by atoms with van der Waals surface area (Å²) in [4.78, 5) is 4.15. The first-order valence-electron chi connectivity index (χ1n) is 5.76. The van der Waals surface area contributed by atoms with Gasteiger partial charge in [-0.15, -0.1) is 11.7 Å². The molecule has 0 aliphatic heterocycles. The number of aliphatic hydroxyl groups is 1. The Hall–Kier alpha value is -1.53. The van der Waals surface area contributed by atoms with Gasteiger partial charge in [-0.2, -0.15) is 0 Å². The van der Waals surface area contributed by atoms with Gasteiger partial charge in [0.15, 0.2) is 5.82 Å². The van der Waals surface area contributed by atoms with E-state index in [-0.39, 0.29) is 5.82 Å². The van der Waals surface area contributed by atoms with E-state index in [0.29, 0.717) is 22.7 Å². The van der Waals surface area contributed by atoms with Crippen molar-refractivity contribution in [2.75, 3.05) is 0 Å². The van der Waals surface area contributed by atoms with Crippen molar-refractivity contribution in [1.82, 2.24) is 14.8 Å². The molecule has 0 bridgehead atoms. The van der Waals surface area contributed by atoms with Gasteiger partial charge in [0.25, 0.3) is 0 Å². The smallest absolute Gasteiger partial charge is 0.217 e. The Morgan fingerprint density at radius 2 is 2.11 bits per heavy atom. The second kappa shape index (κ2) is 6.08. The number of allylic oxidation sites excluding steroid dienone is 1. The third-order valence-corrected chi connectivity index (χ3v) is 2.99. The lowest BCUT2D eigenvalue weighted by molar-refractivity contribution is 0.202. The lowest BCUT2D eigenvalue weighted by atomic mass is 10.1. The topological polar surface area (TPSA) is 50.9 Å². The third-order valence-electron chi connectivity index (χ3n) is 2.65. The first-order chi connectivity index (χ1) is 9.11. The van der Waals surface area contributed by atoms with Crippen molar-refractivity contribution < 1.29 is 9.50 Å². The molecule has 0 spiro atoms. The molecule has 100 valence electrons. The Morgan fingerprint density at radius 1 is 1.42 bits per heavy atom. The van der Waals surface area contributed by atoms with E-state index in [1.807, 2.05) is 0 Å². The highest BCUT2D eigenvalue weighted by Gasteiger charge is 2.18. The number of aryl methyl sites for hydroxylation is 1. The van der Waals surface area contributed by atoms with Gasteiger partial charge in [0.05, 0.1) is 0 Å². The molecule has 1 heterocycles. The molecule has 1 N–H and O–H groups in total. The maximum Gasteiger partial charge on any atom is 0.217 e. The van der Waals surface area contributed by atoms with Crippen LogP contribution < -0.4 is 0 Å². The highest BCUT2D eigenvalue weighted by atomic mass is 79.9. The van der Waals surface area contributed by atoms with Crippen molar-refractivity contribution in [3.8, 4) is 0 Å². The minimum absolute atomic E-state index is 0.342. The van der Waals surface area contributed by atoms with Crippen LogP contribution in [-0.4, -0.2) is 19.9 Å². The van der Waals surface area contributed by atoms with Crippen LogP contribution >= 0.6 is 15.9 Å². The predicted molar refractivity (Wildman–Crippen MR) is 73.0 cm³/mol. The van der Waals surface area contributed by atoms with Gasteiger partial charge >= 0.3 is 0 Å². The van der Waals surface area contributed by atoms with Crippen molar-refractivity contribution in [2.45, 2.75) is 19.1 Å². The van der Waals surface area contributed by atoms with Crippen LogP contribution in [0.15, 0.2) is 41.7 Å². The zero-order valence-corrected chi connectivity index (χ0v) is 11.7. The summed E-state index contributed by atoms with van der Waals surface area (Å²) in [5, 5.41) is 14.4. The normalized spacial score (nSPS) is 12.4. The number of hydrogen-bond acceptors (Lipinski definition) is 3. The summed E-state index contributed by atoms with van der Waals surface area (Å²) >= 11 is 3.19. The molecule has 0 fully saturated rings. The molecule has 1 aromatic carbocycles. The maximum atomic E-state index is 12.9. The summed E-state index contributed by atoms with van der Waals surface area (Å²) in [5.41, 5.74) is 0.571. The Bertz CT molecular complexity index is 568. The minimum Gasteiger partial charge on any atom is -0.380 e. The maximum absolute atomic E-state index is 12.9. The van der Waals surface area contributed by atoms with Gasteiger partial charge in [-0.1, -0.05) is 18.2 Å². The molecule has 6 heteroatoms. The third kappa shape index (κ3) is 3.27. The molecule has 19 heavy (non-hydrogen) atoms. The molecular weight excluding hydrogens is 313 g/mol. The van der Waals surface area contributed by atoms with E-state index in [1.54, 1.807) is 10.8 Å². The van der Waals surface area contributed by atoms with Gasteiger partial charge in [0.2, 0.25) is 4.73 Å². The summed E-state index contributed by atoms with van der Waals surface area (Å²) in [6.45, 7) is 4.23. The van der Waals surface area contributed by atoms with Gasteiger partial charge < -0.3 is 5.11 Å². The molecule has 0 amide bonds. The summed E-state index contributed by atoms with van der Waals surface area (Å²) in [6.07, 6.45) is 1.55. The fourth-order valence-electron chi connectivity index (χ4n) is 1.70. The number of halogens is 2. The standard InChI is InChI=1S/C13H13BrFN3O/c1-2-3-8-18-12(16-13(14)17-18)11(19)9-4-6-10(15)7-5-9/h2,4-7,11,19H,1,3,8H2. The zero-order valence-electron chi connectivity index (χ0n) is 10.1. The van der Waals surface area contributed by atoms with E-state index in [9.17, 15) is 9.50 Å². The van der Waals surface area contributed by atoms with Crippen molar-refractivity contribution in [3.05, 3.63) is 58.9 Å². The average molecular weight is 326 g/mol. The number of rotatable bonds is 5. The SMILES string of the molecule is C=CCCn1nc(Br)nc1C(O)c1ccc(F)cc1. The number of benzene rings is 1. The van der Waals surface area contributed by atoms with Crippen LogP contribution in [0.5, 0.6) is 0 Å². The predicted octanol–water partition coefficient (Wildman–Crippen LogP) is 2.84. The summed E-state index contributed by atoms with van der Waals surface area (Å²) in [6, 6.07) is 5.66. The summed E-state index contributed by atoms with van der Waals surface area (Å²) in [7, 11) is 0. The van der Waals surface area contributed by atoms with E-state index in [2.05, 4.69) is 32.6 Å². The van der Waals surface area contributed by atoms with Crippen molar-refractivity contribution >= 4 is 15.9 Å². The van der Waals surface area contributed by atoms with Crippen LogP contribution in [-0.2, 0) is 6.54 Å². The van der Waals surface area contributed by atoms with Gasteiger partial charge in [-0.25, -0.2) is 14.1 Å². The molecule has 0 radical (unpaired) electrons. The van der Waals surface area contributed by atoms with Gasteiger partial charge in [-0.05, 0) is 40.0 Å². The molecule has 0 aliphatic carbocycles. The average Bonchev–Trinajstić information content (AvgIpc) is 2.77. The quantitative estimate of drug-likeness (QED) is 0.860. The molecule has 0 aliphatic rings. The lowest BCUT2D eigenvalue weighted by Gasteiger charge is -2.11. The largest absolute Gasteiger partial charge is 0.380 e. The molecule has 1 atom stereocenters. The number of hydrogen-bond donors (Lipinski definition) is 1. The molecule has 1 unspecified atom stereocenters. The van der Waals surface area contributed by atoms with Crippen LogP contribution in [0.4, 0.5) is 4.39 Å². The Morgan fingerprint density at radius 3 is 2.74 bits per heavy atom. The van der Waals surface area contributed by atoms with Crippen molar-refractivity contribution in [1.29, 1.82) is 0 Å². The van der Waals surface area contributed by atoms with Crippen LogP contribution in [0, 0.1) is 5.82 Å². The molecule has 2 rings (SSSR count). The van der Waals surface area contributed by atoms with E-state index < -0.39 is 6.10 Å². The molecule has 4 nitrogen and oxygen atoms in total. The fourth-order valence-corrected chi connectivity index (χ4v) is 2.07. The molecule has 1 aromatic heterocycles. The monoisotopic (exact) mass is 325 g/mol. The fraction of sp³-hybridized carbons (Fsp3) is 0.231. The molecule has 0 saturated carbocycles. The summed E-state index contributed by atoms with van der Waals surface area (Å²) < 4.78 is 14.9. The first kappa shape index (κ1) is 13.9. The van der Waals surface area contributed by atoms with Gasteiger partial charge in [-0.3, -0.25) is 0 Å². The second-order valence-corrected chi connectivity index (χ2v) is 4.70. The van der Waals surface area contributed by atoms with E-state index in [0.717, 1.165) is 6.42 Å². The van der Waals surface area contributed by atoms with Crippen molar-refractivity contribution in [3.63, 3.8) is 0 Å². The minimum atomic E-state index is -0.941. The van der Waals surface area contributed by atoms with Gasteiger partial charge in [0.1, 0.15) is 11.9 Å². The van der Waals surface area contributed by atoms with E-state index in [1.165, 1.54) is 24.3 Å². The Balaban J connectivity index is 2.29. The zero-order chi connectivity index (χ0) is 13.8. The van der Waals surface area contributed by atoms with Crippen molar-refractivity contribution in [2.24, 2.45) is 0 Å². The Labute approximate surface area is 118 Å². The molecular formula is C13H13BrFN3O. The van der Waals surface area contributed by atoms with Crippen LogP contribution in [0.3, 0.4) is 0 Å². The molecule has 2 aromatic rings. The van der Waals surface area contributed by atoms with E-state index >= 15 is 0 Å². The van der Waals surface area contributed by atoms with Crippen LogP contribution in [0.25, 0.3) is 0 Å². The van der Waals surface area contributed by atoms with Crippen LogP contribution in [0.1, 0.15) is 23.9 Å². The highest BCUT2D eigenvalue weighted by molar-refractivity contribution is 9.10. The summed E-state index contributed by atoms with van der Waals surface area (Å²) in [5.74, 6) is 0.0746. The van der Waals surface area contributed by atoms with Crippen LogP contribution in [0.2, 0.25) is 0 Å². The number of aromatic nitrogens is 3. The highest BCUT2D eigenvalue weighted by Crippen LogP contribution is 2.22. The first-order valence-corrected chi connectivity index (χ1v) is 6.56. The number of nitrogens with zero attached hydrogens (tertiary/aromatic N) is 3.